The minimum atomic E-state index is -0.345. The van der Waals surface area contributed by atoms with Crippen LogP contribution in [0.1, 0.15) is 19.8 Å². The molecule has 0 atom stereocenters. The fraction of sp³-hybridized carbons (Fsp3) is 0.571. The Kier molecular flexibility index (Phi) is 4.84. The van der Waals surface area contributed by atoms with Crippen molar-refractivity contribution in [3.05, 3.63) is 29.0 Å². The molecular formula is C14H20ClFN2. The molecule has 0 aromatic heterocycles. The molecule has 0 aliphatic carbocycles. The smallest absolute Gasteiger partial charge is 0.141 e. The summed E-state index contributed by atoms with van der Waals surface area (Å²) in [6.45, 7) is 7.55. The summed E-state index contributed by atoms with van der Waals surface area (Å²) < 4.78 is 13.1. The summed E-state index contributed by atoms with van der Waals surface area (Å²) in [4.78, 5) is 4.76. The van der Waals surface area contributed by atoms with Gasteiger partial charge in [-0.2, -0.15) is 0 Å². The summed E-state index contributed by atoms with van der Waals surface area (Å²) in [6, 6.07) is 4.97. The van der Waals surface area contributed by atoms with Crippen LogP contribution in [-0.2, 0) is 0 Å². The minimum absolute atomic E-state index is 0.209. The molecule has 1 heterocycles. The molecule has 1 aliphatic heterocycles. The van der Waals surface area contributed by atoms with E-state index in [9.17, 15) is 4.39 Å². The number of piperazine rings is 1. The van der Waals surface area contributed by atoms with Crippen LogP contribution in [0.15, 0.2) is 18.2 Å². The van der Waals surface area contributed by atoms with Crippen molar-refractivity contribution in [3.8, 4) is 0 Å². The van der Waals surface area contributed by atoms with Crippen molar-refractivity contribution in [2.75, 3.05) is 37.6 Å². The van der Waals surface area contributed by atoms with Crippen molar-refractivity contribution in [2.45, 2.75) is 19.8 Å². The number of unbranched alkanes of at least 4 members (excludes halogenated alkanes) is 1. The Balaban J connectivity index is 1.90. The first-order chi connectivity index (χ1) is 8.70. The first kappa shape index (κ1) is 13.6. The van der Waals surface area contributed by atoms with Gasteiger partial charge < -0.3 is 4.90 Å². The molecule has 1 fully saturated rings. The van der Waals surface area contributed by atoms with Crippen LogP contribution < -0.4 is 4.90 Å². The van der Waals surface area contributed by atoms with Crippen LogP contribution >= 0.6 is 11.6 Å². The van der Waals surface area contributed by atoms with Gasteiger partial charge in [0.1, 0.15) is 5.82 Å². The van der Waals surface area contributed by atoms with Gasteiger partial charge in [-0.1, -0.05) is 24.9 Å². The van der Waals surface area contributed by atoms with Gasteiger partial charge in [0.15, 0.2) is 0 Å². The molecular weight excluding hydrogens is 251 g/mol. The zero-order valence-electron chi connectivity index (χ0n) is 10.8. The lowest BCUT2D eigenvalue weighted by Gasteiger charge is -2.36. The second kappa shape index (κ2) is 6.39. The number of hydrogen-bond donors (Lipinski definition) is 0. The van der Waals surface area contributed by atoms with Crippen LogP contribution in [0.3, 0.4) is 0 Å². The van der Waals surface area contributed by atoms with Gasteiger partial charge in [-0.05, 0) is 31.2 Å². The van der Waals surface area contributed by atoms with Crippen LogP contribution in [-0.4, -0.2) is 37.6 Å². The van der Waals surface area contributed by atoms with Crippen molar-refractivity contribution in [3.63, 3.8) is 0 Å². The van der Waals surface area contributed by atoms with Gasteiger partial charge in [0, 0.05) is 31.9 Å². The minimum Gasteiger partial charge on any atom is -0.369 e. The first-order valence-electron chi connectivity index (χ1n) is 6.63. The molecule has 0 radical (unpaired) electrons. The fourth-order valence-electron chi connectivity index (χ4n) is 2.29. The Bertz CT molecular complexity index is 389. The van der Waals surface area contributed by atoms with Gasteiger partial charge in [0.05, 0.1) is 5.02 Å². The second-order valence-corrected chi connectivity index (χ2v) is 5.19. The Morgan fingerprint density at radius 2 is 1.94 bits per heavy atom. The largest absolute Gasteiger partial charge is 0.369 e. The highest BCUT2D eigenvalue weighted by Gasteiger charge is 2.17. The highest BCUT2D eigenvalue weighted by Crippen LogP contribution is 2.23. The van der Waals surface area contributed by atoms with Crippen LogP contribution in [0.2, 0.25) is 5.02 Å². The van der Waals surface area contributed by atoms with Crippen molar-refractivity contribution in [1.82, 2.24) is 4.90 Å². The summed E-state index contributed by atoms with van der Waals surface area (Å²) in [6.07, 6.45) is 2.51. The quantitative estimate of drug-likeness (QED) is 0.827. The van der Waals surface area contributed by atoms with Gasteiger partial charge in [-0.25, -0.2) is 4.39 Å². The molecule has 0 bridgehead atoms. The van der Waals surface area contributed by atoms with Gasteiger partial charge in [-0.3, -0.25) is 4.90 Å². The molecule has 18 heavy (non-hydrogen) atoms. The van der Waals surface area contributed by atoms with Gasteiger partial charge in [0.25, 0.3) is 0 Å². The third-order valence-electron chi connectivity index (χ3n) is 3.47. The average molecular weight is 271 g/mol. The van der Waals surface area contributed by atoms with E-state index in [1.165, 1.54) is 25.5 Å². The van der Waals surface area contributed by atoms with Crippen molar-refractivity contribution >= 4 is 17.3 Å². The Morgan fingerprint density at radius 1 is 1.22 bits per heavy atom. The molecule has 0 unspecified atom stereocenters. The molecule has 0 N–H and O–H groups in total. The molecule has 1 saturated heterocycles. The maximum absolute atomic E-state index is 13.1. The van der Waals surface area contributed by atoms with E-state index in [0.717, 1.165) is 31.9 Å². The van der Waals surface area contributed by atoms with E-state index < -0.39 is 0 Å². The molecule has 2 rings (SSSR count). The maximum Gasteiger partial charge on any atom is 0.141 e. The molecule has 0 saturated carbocycles. The molecule has 100 valence electrons. The fourth-order valence-corrected chi connectivity index (χ4v) is 2.47. The monoisotopic (exact) mass is 270 g/mol. The number of nitrogens with zero attached hydrogens (tertiary/aromatic N) is 2. The summed E-state index contributed by atoms with van der Waals surface area (Å²) in [5.74, 6) is -0.345. The normalized spacial score (nSPS) is 17.2. The first-order valence-corrected chi connectivity index (χ1v) is 7.01. The predicted molar refractivity (Wildman–Crippen MR) is 75.0 cm³/mol. The second-order valence-electron chi connectivity index (χ2n) is 4.78. The number of halogens is 2. The molecule has 4 heteroatoms. The molecule has 1 aliphatic rings. The number of rotatable bonds is 4. The zero-order chi connectivity index (χ0) is 13.0. The van der Waals surface area contributed by atoms with Crippen molar-refractivity contribution in [2.24, 2.45) is 0 Å². The summed E-state index contributed by atoms with van der Waals surface area (Å²) in [7, 11) is 0. The molecule has 2 nitrogen and oxygen atoms in total. The van der Waals surface area contributed by atoms with E-state index >= 15 is 0 Å². The Labute approximate surface area is 113 Å². The van der Waals surface area contributed by atoms with Crippen LogP contribution in [0.4, 0.5) is 10.1 Å². The van der Waals surface area contributed by atoms with Crippen LogP contribution in [0.25, 0.3) is 0 Å². The maximum atomic E-state index is 13.1. The van der Waals surface area contributed by atoms with Crippen LogP contribution in [0.5, 0.6) is 0 Å². The summed E-state index contributed by atoms with van der Waals surface area (Å²) in [5, 5.41) is 0.209. The average Bonchev–Trinajstić information content (AvgIpc) is 2.40. The third-order valence-corrected chi connectivity index (χ3v) is 3.76. The van der Waals surface area contributed by atoms with E-state index in [1.54, 1.807) is 6.07 Å². The van der Waals surface area contributed by atoms with E-state index in [0.29, 0.717) is 0 Å². The lowest BCUT2D eigenvalue weighted by Crippen LogP contribution is -2.46. The standard InChI is InChI=1S/C14H20ClFN2/c1-2-3-6-17-7-9-18(10-8-17)12-4-5-14(16)13(15)11-12/h4-5,11H,2-3,6-10H2,1H3. The highest BCUT2D eigenvalue weighted by atomic mass is 35.5. The molecule has 0 spiro atoms. The highest BCUT2D eigenvalue weighted by molar-refractivity contribution is 6.31. The molecule has 0 amide bonds. The van der Waals surface area contributed by atoms with Crippen LogP contribution in [0, 0.1) is 5.82 Å². The lowest BCUT2D eigenvalue weighted by atomic mass is 10.2. The van der Waals surface area contributed by atoms with E-state index in [4.69, 9.17) is 11.6 Å². The van der Waals surface area contributed by atoms with Gasteiger partial charge in [-0.15, -0.1) is 0 Å². The SMILES string of the molecule is CCCCN1CCN(c2ccc(F)c(Cl)c2)CC1. The Morgan fingerprint density at radius 3 is 2.56 bits per heavy atom. The topological polar surface area (TPSA) is 6.48 Å². The van der Waals surface area contributed by atoms with E-state index in [1.807, 2.05) is 6.07 Å². The summed E-state index contributed by atoms with van der Waals surface area (Å²) >= 11 is 5.82. The number of hydrogen-bond acceptors (Lipinski definition) is 2. The van der Waals surface area contributed by atoms with Crippen molar-refractivity contribution in [1.29, 1.82) is 0 Å². The third kappa shape index (κ3) is 3.36. The molecule has 1 aromatic rings. The zero-order valence-corrected chi connectivity index (χ0v) is 11.6. The van der Waals surface area contributed by atoms with Crippen molar-refractivity contribution < 1.29 is 4.39 Å². The number of benzene rings is 1. The lowest BCUT2D eigenvalue weighted by molar-refractivity contribution is 0.254. The number of anilines is 1. The van der Waals surface area contributed by atoms with Gasteiger partial charge in [0.2, 0.25) is 0 Å². The Hall–Kier alpha value is -0.800. The van der Waals surface area contributed by atoms with E-state index in [-0.39, 0.29) is 10.8 Å². The van der Waals surface area contributed by atoms with Gasteiger partial charge >= 0.3 is 0 Å². The predicted octanol–water partition coefficient (Wildman–Crippen LogP) is 3.40. The molecule has 1 aromatic carbocycles. The summed E-state index contributed by atoms with van der Waals surface area (Å²) in [5.41, 5.74) is 1.02. The van der Waals surface area contributed by atoms with E-state index in [2.05, 4.69) is 16.7 Å².